The molecule has 0 saturated heterocycles. The number of rotatable bonds is 4. The Morgan fingerprint density at radius 2 is 2.10 bits per heavy atom. The van der Waals surface area contributed by atoms with Crippen LogP contribution in [0.5, 0.6) is 0 Å². The van der Waals surface area contributed by atoms with Gasteiger partial charge in [0.05, 0.1) is 21.2 Å². The van der Waals surface area contributed by atoms with E-state index >= 15 is 0 Å². The maximum atomic E-state index is 10.9. The molecule has 0 unspecified atom stereocenters. The predicted octanol–water partition coefficient (Wildman–Crippen LogP) is 3.26. The molecule has 0 spiro atoms. The van der Waals surface area contributed by atoms with Gasteiger partial charge in [-0.15, -0.1) is 23.1 Å². The summed E-state index contributed by atoms with van der Waals surface area (Å²) in [7, 11) is 0. The molecule has 6 heteroatoms. The largest absolute Gasteiger partial charge is 0.320 e. The Labute approximate surface area is 125 Å². The lowest BCUT2D eigenvalue weighted by Crippen LogP contribution is -1.92. The second-order valence-corrected chi connectivity index (χ2v) is 5.97. The number of para-hydroxylation sites is 1. The predicted molar refractivity (Wildman–Crippen MR) is 82.9 cm³/mol. The van der Waals surface area contributed by atoms with Gasteiger partial charge in [0.1, 0.15) is 0 Å². The van der Waals surface area contributed by atoms with Crippen LogP contribution in [0.25, 0.3) is 0 Å². The van der Waals surface area contributed by atoms with Gasteiger partial charge in [0, 0.05) is 16.7 Å². The summed E-state index contributed by atoms with van der Waals surface area (Å²) < 4.78 is 0. The Morgan fingerprint density at radius 3 is 2.85 bits per heavy atom. The van der Waals surface area contributed by atoms with Crippen LogP contribution in [0.2, 0.25) is 0 Å². The van der Waals surface area contributed by atoms with E-state index in [9.17, 15) is 10.1 Å². The molecule has 0 saturated carbocycles. The van der Waals surface area contributed by atoms with Gasteiger partial charge >= 0.3 is 0 Å². The highest BCUT2D eigenvalue weighted by molar-refractivity contribution is 7.98. The first-order valence-electron chi connectivity index (χ1n) is 5.84. The van der Waals surface area contributed by atoms with Gasteiger partial charge in [0.25, 0.3) is 5.69 Å². The number of nitrogens with two attached hydrogens (primary N) is 1. The van der Waals surface area contributed by atoms with E-state index in [-0.39, 0.29) is 10.6 Å². The lowest BCUT2D eigenvalue weighted by atomic mass is 10.3. The number of nitro benzene ring substituents is 1. The van der Waals surface area contributed by atoms with Crippen LogP contribution in [-0.4, -0.2) is 11.5 Å². The molecule has 2 N–H and O–H groups in total. The maximum absolute atomic E-state index is 10.9. The Morgan fingerprint density at radius 1 is 1.30 bits per heavy atom. The summed E-state index contributed by atoms with van der Waals surface area (Å²) in [6.07, 6.45) is 0. The highest BCUT2D eigenvalue weighted by Gasteiger charge is 2.12. The van der Waals surface area contributed by atoms with Crippen molar-refractivity contribution in [3.05, 3.63) is 56.3 Å². The molecule has 0 atom stereocenters. The summed E-state index contributed by atoms with van der Waals surface area (Å²) >= 11 is 3.05. The van der Waals surface area contributed by atoms with Crippen molar-refractivity contribution in [3.63, 3.8) is 0 Å². The van der Waals surface area contributed by atoms with Gasteiger partial charge < -0.3 is 5.73 Å². The molecule has 1 aromatic heterocycles. The Kier molecular flexibility index (Phi) is 5.18. The molecule has 2 rings (SSSR count). The van der Waals surface area contributed by atoms with Crippen molar-refractivity contribution < 1.29 is 4.92 Å². The first-order chi connectivity index (χ1) is 9.70. The number of thiophene rings is 1. The number of hydrogen-bond donors (Lipinski definition) is 1. The van der Waals surface area contributed by atoms with E-state index in [0.717, 1.165) is 9.75 Å². The summed E-state index contributed by atoms with van der Waals surface area (Å²) in [4.78, 5) is 13.3. The van der Waals surface area contributed by atoms with E-state index in [1.807, 2.05) is 18.2 Å². The first kappa shape index (κ1) is 14.6. The third-order valence-electron chi connectivity index (χ3n) is 2.41. The average molecular weight is 304 g/mol. The Hall–Kier alpha value is -1.81. The molecule has 2 aromatic rings. The van der Waals surface area contributed by atoms with Crippen LogP contribution < -0.4 is 5.73 Å². The van der Waals surface area contributed by atoms with Crippen LogP contribution in [0.15, 0.2) is 41.3 Å². The Bertz CT molecular complexity index is 671. The molecular weight excluding hydrogens is 292 g/mol. The number of hydrogen-bond acceptors (Lipinski definition) is 5. The zero-order valence-corrected chi connectivity index (χ0v) is 12.2. The lowest BCUT2D eigenvalue weighted by Gasteiger charge is -2.00. The van der Waals surface area contributed by atoms with E-state index in [0.29, 0.717) is 17.2 Å². The molecule has 0 aliphatic carbocycles. The third-order valence-corrected chi connectivity index (χ3v) is 4.70. The topological polar surface area (TPSA) is 69.2 Å². The minimum Gasteiger partial charge on any atom is -0.320 e. The monoisotopic (exact) mass is 304 g/mol. The van der Waals surface area contributed by atoms with Crippen LogP contribution in [0.3, 0.4) is 0 Å². The fourth-order valence-corrected chi connectivity index (χ4v) is 3.49. The average Bonchev–Trinajstić information content (AvgIpc) is 2.91. The maximum Gasteiger partial charge on any atom is 0.282 e. The summed E-state index contributed by atoms with van der Waals surface area (Å²) in [6, 6.07) is 10.7. The molecule has 20 heavy (non-hydrogen) atoms. The van der Waals surface area contributed by atoms with E-state index in [1.54, 1.807) is 23.5 Å². The van der Waals surface area contributed by atoms with Gasteiger partial charge in [-0.25, -0.2) is 0 Å². The van der Waals surface area contributed by atoms with Gasteiger partial charge in [-0.3, -0.25) is 10.1 Å². The molecule has 1 aromatic carbocycles. The van der Waals surface area contributed by atoms with Crippen LogP contribution in [-0.2, 0) is 5.75 Å². The van der Waals surface area contributed by atoms with Crippen LogP contribution in [0.4, 0.5) is 5.69 Å². The van der Waals surface area contributed by atoms with Crippen molar-refractivity contribution in [2.45, 2.75) is 10.6 Å². The highest BCUT2D eigenvalue weighted by atomic mass is 32.2. The minimum atomic E-state index is -0.352. The molecule has 0 amide bonds. The second kappa shape index (κ2) is 7.10. The van der Waals surface area contributed by atoms with Crippen molar-refractivity contribution in [2.75, 3.05) is 6.54 Å². The van der Waals surface area contributed by atoms with Crippen LogP contribution in [0.1, 0.15) is 9.75 Å². The molecular formula is C14H12N2O2S2. The third kappa shape index (κ3) is 3.84. The fourth-order valence-electron chi connectivity index (χ4n) is 1.54. The van der Waals surface area contributed by atoms with E-state index in [4.69, 9.17) is 5.73 Å². The van der Waals surface area contributed by atoms with Crippen LogP contribution >= 0.6 is 23.1 Å². The summed E-state index contributed by atoms with van der Waals surface area (Å²) in [5.74, 6) is 6.48. The van der Waals surface area contributed by atoms with Crippen molar-refractivity contribution in [3.8, 4) is 11.8 Å². The van der Waals surface area contributed by atoms with Crippen molar-refractivity contribution in [1.82, 2.24) is 0 Å². The minimum absolute atomic E-state index is 0.150. The molecule has 4 nitrogen and oxygen atoms in total. The van der Waals surface area contributed by atoms with E-state index in [2.05, 4.69) is 11.8 Å². The summed E-state index contributed by atoms with van der Waals surface area (Å²) in [6.45, 7) is 0.345. The zero-order valence-electron chi connectivity index (χ0n) is 10.5. The quantitative estimate of drug-likeness (QED) is 0.407. The molecule has 102 valence electrons. The van der Waals surface area contributed by atoms with Crippen molar-refractivity contribution >= 4 is 28.8 Å². The molecule has 1 heterocycles. The van der Waals surface area contributed by atoms with Gasteiger partial charge in [-0.1, -0.05) is 24.0 Å². The van der Waals surface area contributed by atoms with Crippen molar-refractivity contribution in [1.29, 1.82) is 0 Å². The molecule has 0 aliphatic rings. The standard InChI is InChI=1S/C14H12N2O2S2/c15-9-3-4-11-7-8-12(20-11)10-19-14-6-2-1-5-13(14)16(17)18/h1-2,5-8H,9-10,15H2. The molecule has 0 bridgehead atoms. The number of benzene rings is 1. The number of nitro groups is 1. The SMILES string of the molecule is NCC#Cc1ccc(CSc2ccccc2[N+](=O)[O-])s1. The highest BCUT2D eigenvalue weighted by Crippen LogP contribution is 2.32. The summed E-state index contributed by atoms with van der Waals surface area (Å²) in [5.41, 5.74) is 5.48. The molecule has 0 aliphatic heterocycles. The lowest BCUT2D eigenvalue weighted by molar-refractivity contribution is -0.387. The first-order valence-corrected chi connectivity index (χ1v) is 7.65. The van der Waals surface area contributed by atoms with Gasteiger partial charge in [-0.05, 0) is 18.2 Å². The zero-order chi connectivity index (χ0) is 14.4. The fraction of sp³-hybridized carbons (Fsp3) is 0.143. The van der Waals surface area contributed by atoms with Crippen LogP contribution in [0, 0.1) is 22.0 Å². The van der Waals surface area contributed by atoms with Gasteiger partial charge in [-0.2, -0.15) is 0 Å². The van der Waals surface area contributed by atoms with Crippen molar-refractivity contribution in [2.24, 2.45) is 5.73 Å². The van der Waals surface area contributed by atoms with E-state index < -0.39 is 0 Å². The molecule has 0 radical (unpaired) electrons. The smallest absolute Gasteiger partial charge is 0.282 e. The number of thioether (sulfide) groups is 1. The molecule has 0 fully saturated rings. The Balaban J connectivity index is 2.05. The van der Waals surface area contributed by atoms with E-state index in [1.165, 1.54) is 17.8 Å². The second-order valence-electron chi connectivity index (χ2n) is 3.79. The number of nitrogens with zero attached hydrogens (tertiary/aromatic N) is 1. The normalized spacial score (nSPS) is 9.85. The summed E-state index contributed by atoms with van der Waals surface area (Å²) in [5, 5.41) is 10.9. The van der Waals surface area contributed by atoms with Gasteiger partial charge in [0.15, 0.2) is 0 Å². The van der Waals surface area contributed by atoms with Gasteiger partial charge in [0.2, 0.25) is 0 Å².